The van der Waals surface area contributed by atoms with Gasteiger partial charge >= 0.3 is 0 Å². The first kappa shape index (κ1) is 13.8. The Balaban J connectivity index is 2.49. The molecular weight excluding hydrogens is 234 g/mol. The number of aromatic nitrogens is 1. The van der Waals surface area contributed by atoms with Crippen molar-refractivity contribution in [3.63, 3.8) is 0 Å². The molecule has 1 aromatic heterocycles. The van der Waals surface area contributed by atoms with Crippen LogP contribution in [0.1, 0.15) is 26.3 Å². The predicted molar refractivity (Wildman–Crippen MR) is 82.7 cm³/mol. The van der Waals surface area contributed by atoms with Crippen molar-refractivity contribution in [3.8, 4) is 0 Å². The number of anilines is 1. The summed E-state index contributed by atoms with van der Waals surface area (Å²) >= 11 is 0. The second-order valence-corrected chi connectivity index (χ2v) is 4.61. The van der Waals surface area contributed by atoms with E-state index in [1.807, 2.05) is 0 Å². The molecule has 0 fully saturated rings. The summed E-state index contributed by atoms with van der Waals surface area (Å²) in [6.45, 7) is 10.3. The van der Waals surface area contributed by atoms with Gasteiger partial charge in [-0.1, -0.05) is 25.1 Å². The Morgan fingerprint density at radius 1 is 1.11 bits per heavy atom. The van der Waals surface area contributed by atoms with Crippen molar-refractivity contribution < 1.29 is 0 Å². The highest BCUT2D eigenvalue weighted by molar-refractivity contribution is 5.84. The van der Waals surface area contributed by atoms with Gasteiger partial charge in [-0.25, -0.2) is 4.98 Å². The van der Waals surface area contributed by atoms with Gasteiger partial charge < -0.3 is 10.2 Å². The Kier molecular flexibility index (Phi) is 4.74. The molecule has 0 aliphatic rings. The molecule has 1 heterocycles. The van der Waals surface area contributed by atoms with E-state index in [-0.39, 0.29) is 0 Å². The fourth-order valence-electron chi connectivity index (χ4n) is 2.35. The highest BCUT2D eigenvalue weighted by atomic mass is 15.2. The molecule has 2 aromatic rings. The van der Waals surface area contributed by atoms with Crippen LogP contribution < -0.4 is 10.2 Å². The van der Waals surface area contributed by atoms with Crippen LogP contribution in [0.5, 0.6) is 0 Å². The molecule has 0 amide bonds. The minimum absolute atomic E-state index is 0.897. The van der Waals surface area contributed by atoms with Crippen LogP contribution in [0, 0.1) is 0 Å². The van der Waals surface area contributed by atoms with Crippen molar-refractivity contribution in [2.75, 3.05) is 24.5 Å². The summed E-state index contributed by atoms with van der Waals surface area (Å²) in [5, 5.41) is 4.66. The quantitative estimate of drug-likeness (QED) is 0.861. The van der Waals surface area contributed by atoms with E-state index in [9.17, 15) is 0 Å². The van der Waals surface area contributed by atoms with Gasteiger partial charge in [0.1, 0.15) is 5.82 Å². The van der Waals surface area contributed by atoms with Crippen molar-refractivity contribution in [2.24, 2.45) is 0 Å². The van der Waals surface area contributed by atoms with Crippen molar-refractivity contribution in [1.82, 2.24) is 10.3 Å². The van der Waals surface area contributed by atoms with Crippen LogP contribution in [0.15, 0.2) is 30.3 Å². The van der Waals surface area contributed by atoms with Gasteiger partial charge in [0.15, 0.2) is 0 Å². The summed E-state index contributed by atoms with van der Waals surface area (Å²) < 4.78 is 0. The molecule has 0 bridgehead atoms. The summed E-state index contributed by atoms with van der Waals surface area (Å²) in [5.41, 5.74) is 2.41. The number of pyridine rings is 1. The van der Waals surface area contributed by atoms with Crippen LogP contribution >= 0.6 is 0 Å². The van der Waals surface area contributed by atoms with Crippen molar-refractivity contribution in [2.45, 2.75) is 27.3 Å². The smallest absolute Gasteiger partial charge is 0.129 e. The SMILES string of the molecule is CCNCc1cc(N(CC)CC)nc2ccccc12. The number of nitrogens with zero attached hydrogens (tertiary/aromatic N) is 2. The number of hydrogen-bond acceptors (Lipinski definition) is 3. The van der Waals surface area contributed by atoms with Gasteiger partial charge in [0.25, 0.3) is 0 Å². The molecule has 0 aliphatic heterocycles. The number of rotatable bonds is 6. The lowest BCUT2D eigenvalue weighted by molar-refractivity contribution is 0.729. The fraction of sp³-hybridized carbons (Fsp3) is 0.438. The molecule has 3 nitrogen and oxygen atoms in total. The second kappa shape index (κ2) is 6.53. The zero-order valence-corrected chi connectivity index (χ0v) is 12.1. The third-order valence-electron chi connectivity index (χ3n) is 3.44. The van der Waals surface area contributed by atoms with Gasteiger partial charge in [-0.05, 0) is 38.1 Å². The molecule has 0 radical (unpaired) electrons. The maximum atomic E-state index is 4.78. The van der Waals surface area contributed by atoms with E-state index in [1.54, 1.807) is 0 Å². The van der Waals surface area contributed by atoms with E-state index >= 15 is 0 Å². The third-order valence-corrected chi connectivity index (χ3v) is 3.44. The molecule has 0 saturated heterocycles. The zero-order valence-electron chi connectivity index (χ0n) is 12.1. The van der Waals surface area contributed by atoms with Gasteiger partial charge in [0, 0.05) is 25.0 Å². The lowest BCUT2D eigenvalue weighted by atomic mass is 10.1. The third kappa shape index (κ3) is 3.04. The van der Waals surface area contributed by atoms with Crippen molar-refractivity contribution in [3.05, 3.63) is 35.9 Å². The van der Waals surface area contributed by atoms with E-state index in [2.05, 4.69) is 61.3 Å². The van der Waals surface area contributed by atoms with E-state index in [4.69, 9.17) is 4.98 Å². The molecule has 3 heteroatoms. The van der Waals surface area contributed by atoms with Gasteiger partial charge in [0.05, 0.1) is 5.52 Å². The van der Waals surface area contributed by atoms with Gasteiger partial charge in [-0.15, -0.1) is 0 Å². The van der Waals surface area contributed by atoms with Crippen molar-refractivity contribution >= 4 is 16.7 Å². The summed E-state index contributed by atoms with van der Waals surface area (Å²) in [7, 11) is 0. The number of para-hydroxylation sites is 1. The van der Waals surface area contributed by atoms with E-state index in [0.717, 1.165) is 37.5 Å². The average molecular weight is 257 g/mol. The largest absolute Gasteiger partial charge is 0.357 e. The number of hydrogen-bond donors (Lipinski definition) is 1. The first-order valence-corrected chi connectivity index (χ1v) is 7.14. The first-order chi connectivity index (χ1) is 9.30. The Morgan fingerprint density at radius 3 is 2.53 bits per heavy atom. The normalized spacial score (nSPS) is 10.9. The lowest BCUT2D eigenvalue weighted by Gasteiger charge is -2.21. The second-order valence-electron chi connectivity index (χ2n) is 4.61. The molecule has 0 atom stereocenters. The van der Waals surface area contributed by atoms with Gasteiger partial charge in [-0.3, -0.25) is 0 Å². The lowest BCUT2D eigenvalue weighted by Crippen LogP contribution is -2.23. The van der Waals surface area contributed by atoms with Crippen LogP contribution in [-0.4, -0.2) is 24.6 Å². The Morgan fingerprint density at radius 2 is 1.84 bits per heavy atom. The summed E-state index contributed by atoms with van der Waals surface area (Å²) in [5.74, 6) is 1.08. The Hall–Kier alpha value is -1.61. The van der Waals surface area contributed by atoms with Gasteiger partial charge in [-0.2, -0.15) is 0 Å². The highest BCUT2D eigenvalue weighted by Crippen LogP contribution is 2.22. The number of benzene rings is 1. The monoisotopic (exact) mass is 257 g/mol. The Bertz CT molecular complexity index is 533. The predicted octanol–water partition coefficient (Wildman–Crippen LogP) is 3.19. The molecular formula is C16H23N3. The molecule has 1 N–H and O–H groups in total. The minimum atomic E-state index is 0.897. The molecule has 0 saturated carbocycles. The van der Waals surface area contributed by atoms with Crippen molar-refractivity contribution in [1.29, 1.82) is 0 Å². The molecule has 2 rings (SSSR count). The maximum absolute atomic E-state index is 4.78. The summed E-state index contributed by atoms with van der Waals surface area (Å²) in [4.78, 5) is 7.08. The summed E-state index contributed by atoms with van der Waals surface area (Å²) in [6, 6.07) is 10.6. The fourth-order valence-corrected chi connectivity index (χ4v) is 2.35. The molecule has 0 spiro atoms. The topological polar surface area (TPSA) is 28.2 Å². The van der Waals surface area contributed by atoms with E-state index in [1.165, 1.54) is 10.9 Å². The molecule has 0 unspecified atom stereocenters. The van der Waals surface area contributed by atoms with E-state index < -0.39 is 0 Å². The van der Waals surface area contributed by atoms with Crippen LogP contribution in [0.2, 0.25) is 0 Å². The molecule has 1 aromatic carbocycles. The maximum Gasteiger partial charge on any atom is 0.129 e. The molecule has 0 aliphatic carbocycles. The molecule has 19 heavy (non-hydrogen) atoms. The first-order valence-electron chi connectivity index (χ1n) is 7.14. The van der Waals surface area contributed by atoms with Gasteiger partial charge in [0.2, 0.25) is 0 Å². The van der Waals surface area contributed by atoms with E-state index in [0.29, 0.717) is 0 Å². The highest BCUT2D eigenvalue weighted by Gasteiger charge is 2.09. The number of nitrogens with one attached hydrogen (secondary N) is 1. The molecule has 102 valence electrons. The Labute approximate surface area is 115 Å². The van der Waals surface area contributed by atoms with Crippen LogP contribution in [0.25, 0.3) is 10.9 Å². The van der Waals surface area contributed by atoms with Crippen LogP contribution in [0.3, 0.4) is 0 Å². The zero-order chi connectivity index (χ0) is 13.7. The number of fused-ring (bicyclic) bond motifs is 1. The standard InChI is InChI=1S/C16H23N3/c1-4-17-12-13-11-16(19(5-2)6-3)18-15-10-8-7-9-14(13)15/h7-11,17H,4-6,12H2,1-3H3. The van der Waals surface area contributed by atoms with Crippen LogP contribution in [0.4, 0.5) is 5.82 Å². The average Bonchev–Trinajstić information content (AvgIpc) is 2.46. The minimum Gasteiger partial charge on any atom is -0.357 e. The van der Waals surface area contributed by atoms with Crippen LogP contribution in [-0.2, 0) is 6.54 Å². The summed E-state index contributed by atoms with van der Waals surface area (Å²) in [6.07, 6.45) is 0.